The number of para-hydroxylation sites is 1. The Balaban J connectivity index is 1.63. The molecule has 2 fully saturated rings. The number of halogens is 1. The molecule has 1 saturated heterocycles. The topological polar surface area (TPSA) is 50.4 Å². The van der Waals surface area contributed by atoms with Crippen molar-refractivity contribution in [3.05, 3.63) is 64.7 Å². The summed E-state index contributed by atoms with van der Waals surface area (Å²) in [6.45, 7) is 2.01. The maximum atomic E-state index is 13.1. The summed E-state index contributed by atoms with van der Waals surface area (Å²) in [5.74, 6) is 0.960. The van der Waals surface area contributed by atoms with Gasteiger partial charge in [-0.3, -0.25) is 4.79 Å². The molecule has 2 N–H and O–H groups in total. The van der Waals surface area contributed by atoms with Gasteiger partial charge in [0.25, 0.3) is 0 Å². The first-order valence-electron chi connectivity index (χ1n) is 9.53. The van der Waals surface area contributed by atoms with Crippen molar-refractivity contribution in [3.63, 3.8) is 0 Å². The molecule has 1 amide bonds. The molecule has 1 aliphatic carbocycles. The highest BCUT2D eigenvalue weighted by molar-refractivity contribution is 6.31. The molecule has 1 saturated carbocycles. The van der Waals surface area contributed by atoms with Crippen LogP contribution in [0.25, 0.3) is 0 Å². The summed E-state index contributed by atoms with van der Waals surface area (Å²) < 4.78 is 5.55. The van der Waals surface area contributed by atoms with Crippen LogP contribution in [0.2, 0.25) is 5.02 Å². The van der Waals surface area contributed by atoms with E-state index in [1.807, 2.05) is 48.5 Å². The average Bonchev–Trinajstić information content (AvgIpc) is 3.40. The molecule has 1 heterocycles. The number of hydrogen-bond donors (Lipinski definition) is 2. The first-order valence-corrected chi connectivity index (χ1v) is 9.91. The normalized spacial score (nSPS) is 21.5. The maximum Gasteiger partial charge on any atom is 0.224 e. The van der Waals surface area contributed by atoms with Crippen LogP contribution in [0.4, 0.5) is 0 Å². The Labute approximate surface area is 165 Å². The highest BCUT2D eigenvalue weighted by atomic mass is 35.5. The molecule has 0 bridgehead atoms. The monoisotopic (exact) mass is 384 g/mol. The molecule has 1 spiro atoms. The molecule has 2 aromatic rings. The third-order valence-electron chi connectivity index (χ3n) is 6.06. The first-order chi connectivity index (χ1) is 13.1. The lowest BCUT2D eigenvalue weighted by molar-refractivity contribution is -0.123. The highest BCUT2D eigenvalue weighted by Gasteiger charge is 2.57. The van der Waals surface area contributed by atoms with E-state index in [0.717, 1.165) is 49.2 Å². The van der Waals surface area contributed by atoms with Gasteiger partial charge in [-0.2, -0.15) is 0 Å². The Bertz CT molecular complexity index is 833. The molecule has 4 rings (SSSR count). The zero-order chi connectivity index (χ0) is 18.9. The van der Waals surface area contributed by atoms with E-state index >= 15 is 0 Å². The van der Waals surface area contributed by atoms with Crippen LogP contribution in [-0.4, -0.2) is 26.1 Å². The largest absolute Gasteiger partial charge is 0.496 e. The Kier molecular flexibility index (Phi) is 5.11. The summed E-state index contributed by atoms with van der Waals surface area (Å²) >= 11 is 6.48. The highest BCUT2D eigenvalue weighted by Crippen LogP contribution is 2.58. The van der Waals surface area contributed by atoms with E-state index in [1.165, 1.54) is 0 Å². The number of piperidine rings is 1. The van der Waals surface area contributed by atoms with Crippen molar-refractivity contribution in [2.45, 2.75) is 25.3 Å². The Hall–Kier alpha value is -2.04. The molecule has 2 unspecified atom stereocenters. The Morgan fingerprint density at radius 1 is 1.15 bits per heavy atom. The second-order valence-electron chi connectivity index (χ2n) is 7.57. The standard InChI is InChI=1S/C22H25ClN2O2/c1-27-19-9-5-3-7-16(19)20(15-6-2-4-8-18(15)23)25-21(26)17-14-22(17)10-12-24-13-11-22/h2-9,17,20,24H,10-14H2,1H3,(H,25,26). The van der Waals surface area contributed by atoms with Gasteiger partial charge in [-0.25, -0.2) is 0 Å². The Morgan fingerprint density at radius 2 is 1.81 bits per heavy atom. The molecule has 0 radical (unpaired) electrons. The van der Waals surface area contributed by atoms with Crippen molar-refractivity contribution in [1.82, 2.24) is 10.6 Å². The zero-order valence-corrected chi connectivity index (χ0v) is 16.3. The fourth-order valence-electron chi connectivity index (χ4n) is 4.38. The summed E-state index contributed by atoms with van der Waals surface area (Å²) in [6, 6.07) is 15.1. The van der Waals surface area contributed by atoms with Crippen molar-refractivity contribution in [2.75, 3.05) is 20.2 Å². The summed E-state index contributed by atoms with van der Waals surface area (Å²) in [4.78, 5) is 13.1. The van der Waals surface area contributed by atoms with E-state index in [-0.39, 0.29) is 23.3 Å². The number of benzene rings is 2. The second-order valence-corrected chi connectivity index (χ2v) is 7.98. The summed E-state index contributed by atoms with van der Waals surface area (Å²) in [7, 11) is 1.65. The fourth-order valence-corrected chi connectivity index (χ4v) is 4.62. The number of rotatable bonds is 5. The van der Waals surface area contributed by atoms with Gasteiger partial charge in [-0.05, 0) is 55.5 Å². The van der Waals surface area contributed by atoms with Gasteiger partial charge >= 0.3 is 0 Å². The van der Waals surface area contributed by atoms with Crippen molar-refractivity contribution < 1.29 is 9.53 Å². The molecule has 2 aromatic carbocycles. The fraction of sp³-hybridized carbons (Fsp3) is 0.409. The summed E-state index contributed by atoms with van der Waals surface area (Å²) in [6.07, 6.45) is 3.15. The van der Waals surface area contributed by atoms with Crippen molar-refractivity contribution >= 4 is 17.5 Å². The number of carbonyl (C=O) groups excluding carboxylic acids is 1. The van der Waals surface area contributed by atoms with Crippen molar-refractivity contribution in [1.29, 1.82) is 0 Å². The first kappa shape index (κ1) is 18.3. The van der Waals surface area contributed by atoms with Gasteiger partial charge in [-0.15, -0.1) is 0 Å². The van der Waals surface area contributed by atoms with E-state index < -0.39 is 0 Å². The molecule has 4 nitrogen and oxygen atoms in total. The molecule has 1 aliphatic heterocycles. The van der Waals surface area contributed by atoms with E-state index in [4.69, 9.17) is 16.3 Å². The van der Waals surface area contributed by atoms with Crippen molar-refractivity contribution in [3.8, 4) is 5.75 Å². The number of nitrogens with one attached hydrogen (secondary N) is 2. The number of methoxy groups -OCH3 is 1. The van der Waals surface area contributed by atoms with Gasteiger partial charge in [0.1, 0.15) is 5.75 Å². The van der Waals surface area contributed by atoms with Gasteiger partial charge < -0.3 is 15.4 Å². The minimum absolute atomic E-state index is 0.0966. The van der Waals surface area contributed by atoms with E-state index in [1.54, 1.807) is 7.11 Å². The van der Waals surface area contributed by atoms with E-state index in [0.29, 0.717) is 5.02 Å². The molecule has 0 aromatic heterocycles. The van der Waals surface area contributed by atoms with Crippen LogP contribution < -0.4 is 15.4 Å². The Morgan fingerprint density at radius 3 is 2.52 bits per heavy atom. The smallest absolute Gasteiger partial charge is 0.224 e. The molecule has 2 atom stereocenters. The van der Waals surface area contributed by atoms with Crippen LogP contribution in [0.1, 0.15) is 36.4 Å². The van der Waals surface area contributed by atoms with Crippen LogP contribution in [0.15, 0.2) is 48.5 Å². The van der Waals surface area contributed by atoms with Crippen LogP contribution >= 0.6 is 11.6 Å². The van der Waals surface area contributed by atoms with Crippen LogP contribution in [0, 0.1) is 11.3 Å². The number of amides is 1. The maximum absolute atomic E-state index is 13.1. The van der Waals surface area contributed by atoms with Crippen LogP contribution in [-0.2, 0) is 4.79 Å². The minimum Gasteiger partial charge on any atom is -0.496 e. The lowest BCUT2D eigenvalue weighted by atomic mass is 9.91. The molecule has 27 heavy (non-hydrogen) atoms. The van der Waals surface area contributed by atoms with Gasteiger partial charge in [-0.1, -0.05) is 48.0 Å². The summed E-state index contributed by atoms with van der Waals surface area (Å²) in [5.41, 5.74) is 2.00. The third kappa shape index (κ3) is 3.56. The van der Waals surface area contributed by atoms with Crippen LogP contribution in [0.3, 0.4) is 0 Å². The lowest BCUT2D eigenvalue weighted by Crippen LogP contribution is -2.35. The van der Waals surface area contributed by atoms with Gasteiger partial charge in [0.2, 0.25) is 5.91 Å². The third-order valence-corrected chi connectivity index (χ3v) is 6.40. The van der Waals surface area contributed by atoms with E-state index in [2.05, 4.69) is 10.6 Å². The molecule has 142 valence electrons. The number of hydrogen-bond acceptors (Lipinski definition) is 3. The van der Waals surface area contributed by atoms with Crippen LogP contribution in [0.5, 0.6) is 5.75 Å². The zero-order valence-electron chi connectivity index (χ0n) is 15.5. The summed E-state index contributed by atoms with van der Waals surface area (Å²) in [5, 5.41) is 7.30. The SMILES string of the molecule is COc1ccccc1C(NC(=O)C1CC12CCNCC2)c1ccccc1Cl. The molecule has 2 aliphatic rings. The molecular weight excluding hydrogens is 360 g/mol. The van der Waals surface area contributed by atoms with E-state index in [9.17, 15) is 4.79 Å². The molecule has 5 heteroatoms. The van der Waals surface area contributed by atoms with Gasteiger partial charge in [0.05, 0.1) is 13.2 Å². The minimum atomic E-state index is -0.332. The number of carbonyl (C=O) groups is 1. The average molecular weight is 385 g/mol. The lowest BCUT2D eigenvalue weighted by Gasteiger charge is -2.26. The quantitative estimate of drug-likeness (QED) is 0.820. The number of ether oxygens (including phenoxy) is 1. The van der Waals surface area contributed by atoms with Crippen molar-refractivity contribution in [2.24, 2.45) is 11.3 Å². The predicted octanol–water partition coefficient (Wildman–Crippen LogP) is 3.94. The van der Waals surface area contributed by atoms with Gasteiger partial charge in [0, 0.05) is 16.5 Å². The predicted molar refractivity (Wildman–Crippen MR) is 107 cm³/mol. The van der Waals surface area contributed by atoms with Gasteiger partial charge in [0.15, 0.2) is 0 Å². The second kappa shape index (κ2) is 7.53. The molecular formula is C22H25ClN2O2.